The molecule has 0 aliphatic rings. The van der Waals surface area contributed by atoms with Crippen LogP contribution in [0.4, 0.5) is 13.2 Å². The summed E-state index contributed by atoms with van der Waals surface area (Å²) < 4.78 is 45.4. The summed E-state index contributed by atoms with van der Waals surface area (Å²) in [4.78, 5) is 3.95. The molecular formula is C21H20F3N5. The third-order valence-corrected chi connectivity index (χ3v) is 5.26. The molecule has 2 atom stereocenters. The number of hydrogen-bond acceptors (Lipinski definition) is 3. The average molecular weight is 399 g/mol. The summed E-state index contributed by atoms with van der Waals surface area (Å²) in [5.74, 6) is -2.00. The molecule has 150 valence electrons. The Balaban J connectivity index is 1.83. The van der Waals surface area contributed by atoms with Crippen LogP contribution in [-0.4, -0.2) is 24.5 Å². The lowest BCUT2D eigenvalue weighted by Gasteiger charge is -2.26. The van der Waals surface area contributed by atoms with Gasteiger partial charge in [-0.15, -0.1) is 0 Å². The van der Waals surface area contributed by atoms with Crippen LogP contribution in [0.3, 0.4) is 0 Å². The van der Waals surface area contributed by atoms with Crippen molar-refractivity contribution in [1.82, 2.24) is 24.5 Å². The second kappa shape index (κ2) is 7.69. The Morgan fingerprint density at radius 3 is 2.48 bits per heavy atom. The summed E-state index contributed by atoms with van der Waals surface area (Å²) in [5, 5.41) is 9.54. The molecular weight excluding hydrogens is 379 g/mol. The maximum Gasteiger partial charge on any atom is 0.137 e. The van der Waals surface area contributed by atoms with Crippen molar-refractivity contribution in [2.75, 3.05) is 0 Å². The highest BCUT2D eigenvalue weighted by Crippen LogP contribution is 2.35. The van der Waals surface area contributed by atoms with E-state index in [-0.39, 0.29) is 11.9 Å². The molecule has 29 heavy (non-hydrogen) atoms. The van der Waals surface area contributed by atoms with Crippen molar-refractivity contribution < 1.29 is 13.2 Å². The molecule has 4 aromatic rings. The number of aromatic nitrogens is 5. The molecule has 2 heterocycles. The van der Waals surface area contributed by atoms with E-state index in [1.165, 1.54) is 30.6 Å². The molecule has 4 rings (SSSR count). The third kappa shape index (κ3) is 3.62. The van der Waals surface area contributed by atoms with E-state index in [9.17, 15) is 13.2 Å². The Bertz CT molecular complexity index is 1140. The van der Waals surface area contributed by atoms with E-state index in [4.69, 9.17) is 0 Å². The van der Waals surface area contributed by atoms with E-state index < -0.39 is 17.6 Å². The second-order valence-electron chi connectivity index (χ2n) is 7.04. The number of fused-ring (bicyclic) bond motifs is 1. The Hall–Kier alpha value is -3.16. The Labute approximate surface area is 165 Å². The standard InChI is InChI=1S/C21H20F3N5/c1-3-20-17-8-14(22)5-7-21(17)29(27-20)13(2)18(10-28-12-25-11-26-28)16-6-4-15(23)9-19(16)24/h4-9,11-13,18H,3,10H2,1-2H3/t13-,18-/m1/s1. The second-order valence-corrected chi connectivity index (χ2v) is 7.04. The molecule has 8 heteroatoms. The minimum atomic E-state index is -0.633. The fourth-order valence-corrected chi connectivity index (χ4v) is 3.76. The summed E-state index contributed by atoms with van der Waals surface area (Å²) >= 11 is 0. The van der Waals surface area contributed by atoms with Gasteiger partial charge in [-0.1, -0.05) is 13.0 Å². The van der Waals surface area contributed by atoms with Crippen LogP contribution in [0.15, 0.2) is 49.1 Å². The van der Waals surface area contributed by atoms with Gasteiger partial charge in [0.15, 0.2) is 0 Å². The maximum atomic E-state index is 14.7. The summed E-state index contributed by atoms with van der Waals surface area (Å²) in [6.45, 7) is 4.20. The number of hydrogen-bond donors (Lipinski definition) is 0. The van der Waals surface area contributed by atoms with Crippen molar-refractivity contribution in [2.45, 2.75) is 38.8 Å². The molecule has 0 aliphatic heterocycles. The third-order valence-electron chi connectivity index (χ3n) is 5.26. The van der Waals surface area contributed by atoms with Gasteiger partial charge in [0.05, 0.1) is 23.8 Å². The lowest BCUT2D eigenvalue weighted by atomic mass is 9.91. The summed E-state index contributed by atoms with van der Waals surface area (Å²) in [6.07, 6.45) is 3.59. The highest BCUT2D eigenvalue weighted by molar-refractivity contribution is 5.82. The molecule has 2 aromatic carbocycles. The molecule has 5 nitrogen and oxygen atoms in total. The molecule has 0 radical (unpaired) electrons. The van der Waals surface area contributed by atoms with Gasteiger partial charge >= 0.3 is 0 Å². The van der Waals surface area contributed by atoms with E-state index >= 15 is 0 Å². The zero-order chi connectivity index (χ0) is 20.5. The molecule has 0 unspecified atom stereocenters. The topological polar surface area (TPSA) is 48.5 Å². The normalized spacial score (nSPS) is 13.7. The van der Waals surface area contributed by atoms with Crippen molar-refractivity contribution in [3.8, 4) is 0 Å². The van der Waals surface area contributed by atoms with Crippen LogP contribution in [0.5, 0.6) is 0 Å². The first-order chi connectivity index (χ1) is 14.0. The molecule has 0 saturated carbocycles. The fourth-order valence-electron chi connectivity index (χ4n) is 3.76. The van der Waals surface area contributed by atoms with E-state index in [2.05, 4.69) is 15.2 Å². The minimum Gasteiger partial charge on any atom is -0.261 e. The Morgan fingerprint density at radius 2 is 1.79 bits per heavy atom. The molecule has 2 aromatic heterocycles. The average Bonchev–Trinajstić information content (AvgIpc) is 3.33. The summed E-state index contributed by atoms with van der Waals surface area (Å²) in [5.41, 5.74) is 1.89. The molecule has 0 spiro atoms. The minimum absolute atomic E-state index is 0.313. The molecule has 0 bridgehead atoms. The molecule has 0 aliphatic carbocycles. The van der Waals surface area contributed by atoms with Crippen LogP contribution >= 0.6 is 0 Å². The van der Waals surface area contributed by atoms with Crippen LogP contribution in [-0.2, 0) is 13.0 Å². The predicted octanol–water partition coefficient (Wildman–Crippen LogP) is 4.65. The number of aryl methyl sites for hydroxylation is 1. The van der Waals surface area contributed by atoms with Crippen molar-refractivity contribution >= 4 is 10.9 Å². The Morgan fingerprint density at radius 1 is 1.03 bits per heavy atom. The van der Waals surface area contributed by atoms with Crippen LogP contribution in [0.25, 0.3) is 10.9 Å². The monoisotopic (exact) mass is 399 g/mol. The van der Waals surface area contributed by atoms with Crippen LogP contribution < -0.4 is 0 Å². The van der Waals surface area contributed by atoms with Crippen molar-refractivity contribution in [3.05, 3.63) is 77.8 Å². The SMILES string of the molecule is CCc1nn([C@H](C)[C@@H](Cn2cncn2)c2ccc(F)cc2F)c2ccc(F)cc12. The van der Waals surface area contributed by atoms with Gasteiger partial charge in [0.25, 0.3) is 0 Å². The van der Waals surface area contributed by atoms with Gasteiger partial charge < -0.3 is 0 Å². The van der Waals surface area contributed by atoms with Crippen molar-refractivity contribution in [3.63, 3.8) is 0 Å². The van der Waals surface area contributed by atoms with Gasteiger partial charge in [-0.2, -0.15) is 10.2 Å². The smallest absolute Gasteiger partial charge is 0.137 e. The highest BCUT2D eigenvalue weighted by Gasteiger charge is 2.27. The number of nitrogens with zero attached hydrogens (tertiary/aromatic N) is 5. The van der Waals surface area contributed by atoms with E-state index in [1.807, 2.05) is 13.8 Å². The lowest BCUT2D eigenvalue weighted by molar-refractivity contribution is 0.356. The molecule has 0 saturated heterocycles. The first-order valence-electron chi connectivity index (χ1n) is 9.42. The highest BCUT2D eigenvalue weighted by atomic mass is 19.1. The van der Waals surface area contributed by atoms with Gasteiger partial charge in [0.2, 0.25) is 0 Å². The first-order valence-corrected chi connectivity index (χ1v) is 9.42. The van der Waals surface area contributed by atoms with Crippen LogP contribution in [0, 0.1) is 17.5 Å². The van der Waals surface area contributed by atoms with E-state index in [0.29, 0.717) is 18.5 Å². The maximum absolute atomic E-state index is 14.7. The van der Waals surface area contributed by atoms with Crippen LogP contribution in [0.2, 0.25) is 0 Å². The van der Waals surface area contributed by atoms with E-state index in [1.54, 1.807) is 21.8 Å². The van der Waals surface area contributed by atoms with Gasteiger partial charge in [-0.3, -0.25) is 9.36 Å². The van der Waals surface area contributed by atoms with Gasteiger partial charge in [0.1, 0.15) is 30.1 Å². The molecule has 0 fully saturated rings. The zero-order valence-electron chi connectivity index (χ0n) is 16.1. The number of halogens is 3. The van der Waals surface area contributed by atoms with E-state index in [0.717, 1.165) is 22.7 Å². The van der Waals surface area contributed by atoms with Crippen molar-refractivity contribution in [2.24, 2.45) is 0 Å². The predicted molar refractivity (Wildman–Crippen MR) is 103 cm³/mol. The Kier molecular flexibility index (Phi) is 5.08. The molecule has 0 N–H and O–H groups in total. The van der Waals surface area contributed by atoms with Gasteiger partial charge in [0, 0.05) is 17.4 Å². The number of rotatable bonds is 6. The van der Waals surface area contributed by atoms with Gasteiger partial charge in [-0.25, -0.2) is 18.2 Å². The van der Waals surface area contributed by atoms with Gasteiger partial charge in [-0.05, 0) is 43.2 Å². The molecule has 0 amide bonds. The fraction of sp³-hybridized carbons (Fsp3) is 0.286. The summed E-state index contributed by atoms with van der Waals surface area (Å²) in [6, 6.07) is 7.80. The number of benzene rings is 2. The van der Waals surface area contributed by atoms with Crippen LogP contribution in [0.1, 0.15) is 37.1 Å². The summed E-state index contributed by atoms with van der Waals surface area (Å²) in [7, 11) is 0. The first kappa shape index (κ1) is 19.2. The lowest BCUT2D eigenvalue weighted by Crippen LogP contribution is -2.22. The largest absolute Gasteiger partial charge is 0.261 e. The zero-order valence-corrected chi connectivity index (χ0v) is 16.1. The van der Waals surface area contributed by atoms with Crippen molar-refractivity contribution in [1.29, 1.82) is 0 Å². The quantitative estimate of drug-likeness (QED) is 0.474.